The van der Waals surface area contributed by atoms with Crippen LogP contribution in [0.2, 0.25) is 0 Å². The molecule has 1 aromatic heterocycles. The highest BCUT2D eigenvalue weighted by molar-refractivity contribution is 8.01. The Morgan fingerprint density at radius 3 is 2.82 bits per heavy atom. The number of carbonyl (C=O) groups is 3. The van der Waals surface area contributed by atoms with Crippen LogP contribution in [0.25, 0.3) is 0 Å². The largest absolute Gasteiger partial charge is 0.477 e. The van der Waals surface area contributed by atoms with E-state index in [-0.39, 0.29) is 23.0 Å². The summed E-state index contributed by atoms with van der Waals surface area (Å²) in [6, 6.07) is 8.47. The number of carboxylic acids is 1. The van der Waals surface area contributed by atoms with Gasteiger partial charge in [-0.3, -0.25) is 18.7 Å². The molecule has 0 aliphatic carbocycles. The minimum Gasteiger partial charge on any atom is -0.477 e. The topological polar surface area (TPSA) is 167 Å². The van der Waals surface area contributed by atoms with Crippen molar-refractivity contribution < 1.29 is 28.4 Å². The summed E-state index contributed by atoms with van der Waals surface area (Å²) in [5, 5.41) is 25.3. The molecule has 3 atom stereocenters. The predicted octanol–water partition coefficient (Wildman–Crippen LogP) is -0.188. The number of aliphatic carboxylic acids is 1. The summed E-state index contributed by atoms with van der Waals surface area (Å²) in [4.78, 5) is 39.3. The standard InChI is InChI=1S/C18H18N6O6S3/c1-30-18(19-12(25)9-33(29)11-5-3-2-4-6-11)15(28)24-13(14(26)27)10(7-31-16(18)24)8-32-17-20-22-23-21-17/h2-6,16H,7-9H2,1H3,(H,19,25)(H,26,27)(H,20,21,22,23)/t16-,18-,33?/m0/s1. The molecule has 2 amide bonds. The Morgan fingerprint density at radius 2 is 2.18 bits per heavy atom. The van der Waals surface area contributed by atoms with Gasteiger partial charge in [-0.1, -0.05) is 30.0 Å². The molecule has 0 saturated carbocycles. The first-order valence-electron chi connectivity index (χ1n) is 9.43. The number of benzene rings is 1. The lowest BCUT2D eigenvalue weighted by atomic mass is 9.98. The molecule has 1 saturated heterocycles. The van der Waals surface area contributed by atoms with Gasteiger partial charge in [-0.25, -0.2) is 4.79 Å². The fourth-order valence-electron chi connectivity index (χ4n) is 3.44. The Bertz CT molecular complexity index is 1130. The molecular weight excluding hydrogens is 492 g/mol. The number of hydrogen-bond donors (Lipinski definition) is 3. The number of aromatic amines is 1. The fourth-order valence-corrected chi connectivity index (χ4v) is 6.69. The van der Waals surface area contributed by atoms with E-state index in [0.717, 1.165) is 4.90 Å². The Hall–Kier alpha value is -2.75. The first-order chi connectivity index (χ1) is 15.9. The van der Waals surface area contributed by atoms with Crippen LogP contribution in [0.4, 0.5) is 0 Å². The maximum absolute atomic E-state index is 13.1. The lowest BCUT2D eigenvalue weighted by molar-refractivity contribution is -0.192. The number of hydrogen-bond acceptors (Lipinski definition) is 10. The lowest BCUT2D eigenvalue weighted by Gasteiger charge is -2.55. The number of carboxylic acid groups (broad SMARTS) is 1. The molecule has 2 aliphatic rings. The number of methoxy groups -OCH3 is 1. The number of tetrazole rings is 1. The molecule has 1 unspecified atom stereocenters. The van der Waals surface area contributed by atoms with Gasteiger partial charge in [-0.15, -0.1) is 22.0 Å². The van der Waals surface area contributed by atoms with Crippen LogP contribution in [-0.4, -0.2) is 88.1 Å². The molecule has 12 nitrogen and oxygen atoms in total. The second kappa shape index (κ2) is 9.62. The summed E-state index contributed by atoms with van der Waals surface area (Å²) in [6.07, 6.45) is 0. The van der Waals surface area contributed by atoms with E-state index in [4.69, 9.17) is 4.74 Å². The number of nitrogens with zero attached hydrogens (tertiary/aromatic N) is 4. The number of ether oxygens (including phenoxy) is 1. The zero-order valence-corrected chi connectivity index (χ0v) is 19.5. The minimum atomic E-state index is -1.74. The number of carbonyl (C=O) groups excluding carboxylic acids is 2. The van der Waals surface area contributed by atoms with Gasteiger partial charge in [0.1, 0.15) is 16.8 Å². The van der Waals surface area contributed by atoms with E-state index in [1.807, 2.05) is 0 Å². The molecule has 4 rings (SSSR count). The van der Waals surface area contributed by atoms with Crippen molar-refractivity contribution in [2.45, 2.75) is 21.2 Å². The quantitative estimate of drug-likeness (QED) is 0.232. The third-order valence-corrected chi connectivity index (χ3v) is 8.55. The smallest absolute Gasteiger partial charge is 0.352 e. The lowest BCUT2D eigenvalue weighted by Crippen LogP contribution is -2.80. The highest BCUT2D eigenvalue weighted by atomic mass is 32.2. The van der Waals surface area contributed by atoms with Crippen LogP contribution in [0.3, 0.4) is 0 Å². The van der Waals surface area contributed by atoms with Crippen molar-refractivity contribution >= 4 is 52.1 Å². The SMILES string of the molecule is CO[C@@]1(NC(=O)CS(=O)c2ccccc2)C(=O)N2C(C(=O)O)=C(CSc3nn[nH]n3)CS[C@H]21. The normalized spacial score (nSPS) is 23.0. The highest BCUT2D eigenvalue weighted by Crippen LogP contribution is 2.47. The summed E-state index contributed by atoms with van der Waals surface area (Å²) < 4.78 is 17.9. The van der Waals surface area contributed by atoms with Crippen molar-refractivity contribution in [3.8, 4) is 0 Å². The number of aromatic nitrogens is 4. The summed E-state index contributed by atoms with van der Waals surface area (Å²) in [5.41, 5.74) is -1.39. The van der Waals surface area contributed by atoms with Crippen LogP contribution >= 0.6 is 23.5 Å². The van der Waals surface area contributed by atoms with Gasteiger partial charge >= 0.3 is 5.97 Å². The average molecular weight is 511 g/mol. The Kier molecular flexibility index (Phi) is 6.83. The first-order valence-corrected chi connectivity index (χ1v) is 12.8. The van der Waals surface area contributed by atoms with Gasteiger partial charge < -0.3 is 15.2 Å². The summed E-state index contributed by atoms with van der Waals surface area (Å²) in [5.74, 6) is -2.45. The molecule has 1 aromatic carbocycles. The number of amides is 2. The number of nitrogens with one attached hydrogen (secondary N) is 2. The molecule has 1 fully saturated rings. The van der Waals surface area contributed by atoms with Crippen LogP contribution in [0.5, 0.6) is 0 Å². The maximum atomic E-state index is 13.1. The Morgan fingerprint density at radius 1 is 1.42 bits per heavy atom. The third kappa shape index (κ3) is 4.40. The molecule has 33 heavy (non-hydrogen) atoms. The molecule has 3 N–H and O–H groups in total. The maximum Gasteiger partial charge on any atom is 0.352 e. The van der Waals surface area contributed by atoms with Gasteiger partial charge in [0.2, 0.25) is 11.1 Å². The van der Waals surface area contributed by atoms with Crippen LogP contribution in [-0.2, 0) is 29.9 Å². The van der Waals surface area contributed by atoms with Crippen molar-refractivity contribution in [3.05, 3.63) is 41.6 Å². The van der Waals surface area contributed by atoms with Crippen molar-refractivity contribution in [1.29, 1.82) is 0 Å². The fraction of sp³-hybridized carbons (Fsp3) is 0.333. The van der Waals surface area contributed by atoms with Crippen molar-refractivity contribution in [3.63, 3.8) is 0 Å². The van der Waals surface area contributed by atoms with Gasteiger partial charge in [0.15, 0.2) is 0 Å². The zero-order valence-electron chi connectivity index (χ0n) is 17.1. The average Bonchev–Trinajstić information content (AvgIpc) is 3.34. The monoisotopic (exact) mass is 510 g/mol. The summed E-state index contributed by atoms with van der Waals surface area (Å²) in [7, 11) is -0.352. The van der Waals surface area contributed by atoms with Gasteiger partial charge in [0.05, 0.1) is 10.8 Å². The molecule has 2 aliphatic heterocycles. The molecule has 0 radical (unpaired) electrons. The van der Waals surface area contributed by atoms with Crippen LogP contribution < -0.4 is 5.32 Å². The minimum absolute atomic E-state index is 0.158. The third-order valence-electron chi connectivity index (χ3n) is 4.93. The molecule has 3 heterocycles. The number of H-pyrrole nitrogens is 1. The predicted molar refractivity (Wildman–Crippen MR) is 118 cm³/mol. The van der Waals surface area contributed by atoms with E-state index in [1.165, 1.54) is 30.6 Å². The highest BCUT2D eigenvalue weighted by Gasteiger charge is 2.66. The molecular formula is C18H18N6O6S3. The molecule has 0 bridgehead atoms. The second-order valence-corrected chi connectivity index (χ2v) is 10.3. The second-order valence-electron chi connectivity index (χ2n) is 6.87. The van der Waals surface area contributed by atoms with Crippen LogP contribution in [0, 0.1) is 0 Å². The van der Waals surface area contributed by atoms with Crippen LogP contribution in [0.15, 0.2) is 51.7 Å². The van der Waals surface area contributed by atoms with E-state index in [9.17, 15) is 23.7 Å². The van der Waals surface area contributed by atoms with E-state index in [2.05, 4.69) is 25.9 Å². The zero-order chi connectivity index (χ0) is 23.6. The summed E-state index contributed by atoms with van der Waals surface area (Å²) >= 11 is 2.44. The Labute approximate surface area is 198 Å². The first kappa shape index (κ1) is 23.4. The number of thioether (sulfide) groups is 2. The van der Waals surface area contributed by atoms with E-state index < -0.39 is 39.7 Å². The number of rotatable bonds is 9. The molecule has 0 spiro atoms. The molecule has 15 heteroatoms. The van der Waals surface area contributed by atoms with Gasteiger partial charge in [-0.2, -0.15) is 5.21 Å². The van der Waals surface area contributed by atoms with Crippen molar-refractivity contribution in [2.24, 2.45) is 0 Å². The number of fused-ring (bicyclic) bond motifs is 1. The number of β-lactam (4-membered cyclic amide) rings is 1. The Balaban J connectivity index is 1.49. The summed E-state index contributed by atoms with van der Waals surface area (Å²) in [6.45, 7) is 0. The van der Waals surface area contributed by atoms with Crippen molar-refractivity contribution in [2.75, 3.05) is 24.4 Å². The van der Waals surface area contributed by atoms with E-state index in [1.54, 1.807) is 30.3 Å². The van der Waals surface area contributed by atoms with E-state index >= 15 is 0 Å². The van der Waals surface area contributed by atoms with Gasteiger partial charge in [0, 0.05) is 23.5 Å². The van der Waals surface area contributed by atoms with Gasteiger partial charge in [0.25, 0.3) is 11.6 Å². The van der Waals surface area contributed by atoms with Gasteiger partial charge in [-0.05, 0) is 22.9 Å². The molecule has 174 valence electrons. The molecule has 2 aromatic rings. The van der Waals surface area contributed by atoms with E-state index in [0.29, 0.717) is 15.6 Å². The van der Waals surface area contributed by atoms with Crippen LogP contribution in [0.1, 0.15) is 0 Å². The van der Waals surface area contributed by atoms with Crippen molar-refractivity contribution in [1.82, 2.24) is 30.8 Å².